The molecule has 0 atom stereocenters. The highest BCUT2D eigenvalue weighted by molar-refractivity contribution is 5.80. The summed E-state index contributed by atoms with van der Waals surface area (Å²) in [5.41, 5.74) is 2.05. The smallest absolute Gasteiger partial charge is 0.194 e. The molecule has 2 aliphatic rings. The third-order valence-electron chi connectivity index (χ3n) is 5.63. The molecule has 8 nitrogen and oxygen atoms in total. The molecule has 30 heavy (non-hydrogen) atoms. The molecule has 3 heterocycles. The number of anilines is 2. The van der Waals surface area contributed by atoms with E-state index in [-0.39, 0.29) is 0 Å². The number of ether oxygens (including phenoxy) is 1. The van der Waals surface area contributed by atoms with E-state index in [1.807, 2.05) is 37.5 Å². The molecule has 0 unspecified atom stereocenters. The van der Waals surface area contributed by atoms with Gasteiger partial charge < -0.3 is 29.9 Å². The Labute approximate surface area is 177 Å². The number of hydrogen-bond acceptors (Lipinski definition) is 6. The highest BCUT2D eigenvalue weighted by atomic mass is 16.5. The van der Waals surface area contributed by atoms with E-state index in [0.717, 1.165) is 75.5 Å². The standard InChI is InChI=1S/C22H30N6O2/c1-23-22(28-11-9-26(10-12-28)19-6-2-3-7-20(19)29)25-17-18-5-4-8-24-21(18)27-13-15-30-16-14-27/h2-8,29H,9-17H2,1H3,(H,23,25). The van der Waals surface area contributed by atoms with E-state index in [1.165, 1.54) is 0 Å². The zero-order valence-corrected chi connectivity index (χ0v) is 17.5. The number of rotatable bonds is 4. The van der Waals surface area contributed by atoms with Crippen LogP contribution in [0.5, 0.6) is 5.75 Å². The number of piperazine rings is 1. The molecular formula is C22H30N6O2. The van der Waals surface area contributed by atoms with Crippen LogP contribution in [0.1, 0.15) is 5.56 Å². The van der Waals surface area contributed by atoms with Gasteiger partial charge in [0.15, 0.2) is 5.96 Å². The van der Waals surface area contributed by atoms with Gasteiger partial charge >= 0.3 is 0 Å². The Balaban J connectivity index is 1.36. The summed E-state index contributed by atoms with van der Waals surface area (Å²) in [5, 5.41) is 13.6. The second-order valence-electron chi connectivity index (χ2n) is 7.45. The lowest BCUT2D eigenvalue weighted by Crippen LogP contribution is -2.52. The van der Waals surface area contributed by atoms with E-state index >= 15 is 0 Å². The summed E-state index contributed by atoms with van der Waals surface area (Å²) in [5.74, 6) is 2.25. The van der Waals surface area contributed by atoms with Gasteiger partial charge in [0, 0.05) is 64.6 Å². The number of pyridine rings is 1. The van der Waals surface area contributed by atoms with E-state index in [2.05, 4.69) is 36.1 Å². The normalized spacial score (nSPS) is 17.9. The minimum Gasteiger partial charge on any atom is -0.506 e. The van der Waals surface area contributed by atoms with Crippen molar-refractivity contribution in [2.75, 3.05) is 69.3 Å². The van der Waals surface area contributed by atoms with Crippen LogP contribution in [0.15, 0.2) is 47.6 Å². The third-order valence-corrected chi connectivity index (χ3v) is 5.63. The SMILES string of the molecule is CN=C(NCc1cccnc1N1CCOCC1)N1CCN(c2ccccc2O)CC1. The number of benzene rings is 1. The fourth-order valence-corrected chi connectivity index (χ4v) is 4.03. The van der Waals surface area contributed by atoms with Gasteiger partial charge in [-0.1, -0.05) is 18.2 Å². The molecule has 0 aliphatic carbocycles. The van der Waals surface area contributed by atoms with Crippen LogP contribution in [-0.2, 0) is 11.3 Å². The van der Waals surface area contributed by atoms with E-state index < -0.39 is 0 Å². The lowest BCUT2D eigenvalue weighted by molar-refractivity contribution is 0.122. The number of nitrogens with one attached hydrogen (secondary N) is 1. The quantitative estimate of drug-likeness (QED) is 0.585. The van der Waals surface area contributed by atoms with Gasteiger partial charge in [-0.15, -0.1) is 0 Å². The van der Waals surface area contributed by atoms with Crippen LogP contribution in [0.25, 0.3) is 0 Å². The lowest BCUT2D eigenvalue weighted by atomic mass is 10.2. The minimum atomic E-state index is 0.334. The van der Waals surface area contributed by atoms with Gasteiger partial charge in [-0.05, 0) is 18.2 Å². The van der Waals surface area contributed by atoms with E-state index in [9.17, 15) is 5.11 Å². The molecule has 2 aromatic rings. The first-order valence-corrected chi connectivity index (χ1v) is 10.5. The molecule has 0 amide bonds. The third kappa shape index (κ3) is 4.59. The largest absolute Gasteiger partial charge is 0.506 e. The van der Waals surface area contributed by atoms with Crippen molar-refractivity contribution in [1.82, 2.24) is 15.2 Å². The van der Waals surface area contributed by atoms with Crippen molar-refractivity contribution in [1.29, 1.82) is 0 Å². The van der Waals surface area contributed by atoms with Gasteiger partial charge in [0.1, 0.15) is 11.6 Å². The number of phenolic OH excluding ortho intramolecular Hbond substituents is 1. The van der Waals surface area contributed by atoms with E-state index in [4.69, 9.17) is 4.74 Å². The highest BCUT2D eigenvalue weighted by Crippen LogP contribution is 2.27. The molecule has 1 aromatic carbocycles. The average molecular weight is 411 g/mol. The van der Waals surface area contributed by atoms with Crippen molar-refractivity contribution in [3.05, 3.63) is 48.2 Å². The number of guanidine groups is 1. The number of phenols is 1. The molecule has 1 aromatic heterocycles. The molecule has 0 radical (unpaired) electrons. The predicted molar refractivity (Wildman–Crippen MR) is 119 cm³/mol. The molecule has 160 valence electrons. The molecule has 0 spiro atoms. The fourth-order valence-electron chi connectivity index (χ4n) is 4.03. The zero-order valence-electron chi connectivity index (χ0n) is 17.5. The molecule has 8 heteroatoms. The Bertz CT molecular complexity index is 860. The number of nitrogens with zero attached hydrogens (tertiary/aromatic N) is 5. The van der Waals surface area contributed by atoms with Crippen molar-refractivity contribution >= 4 is 17.5 Å². The molecule has 2 aliphatic heterocycles. The monoisotopic (exact) mass is 410 g/mol. The van der Waals surface area contributed by atoms with Crippen LogP contribution in [0, 0.1) is 0 Å². The van der Waals surface area contributed by atoms with Crippen LogP contribution in [0.3, 0.4) is 0 Å². The molecule has 2 fully saturated rings. The van der Waals surface area contributed by atoms with Crippen LogP contribution >= 0.6 is 0 Å². The molecule has 0 saturated carbocycles. The van der Waals surface area contributed by atoms with Gasteiger partial charge in [0.2, 0.25) is 0 Å². The first kappa shape index (κ1) is 20.3. The maximum absolute atomic E-state index is 10.1. The topological polar surface area (TPSA) is 76.5 Å². The Morgan fingerprint density at radius 2 is 1.80 bits per heavy atom. The molecule has 0 bridgehead atoms. The van der Waals surface area contributed by atoms with Crippen LogP contribution in [0.4, 0.5) is 11.5 Å². The molecular weight excluding hydrogens is 380 g/mol. The minimum absolute atomic E-state index is 0.334. The van der Waals surface area contributed by atoms with Crippen molar-refractivity contribution in [2.24, 2.45) is 4.99 Å². The number of morpholine rings is 1. The molecule has 2 saturated heterocycles. The van der Waals surface area contributed by atoms with Gasteiger partial charge in [0.25, 0.3) is 0 Å². The van der Waals surface area contributed by atoms with Crippen molar-refractivity contribution in [3.63, 3.8) is 0 Å². The van der Waals surface area contributed by atoms with Gasteiger partial charge in [-0.2, -0.15) is 0 Å². The number of aromatic hydroxyl groups is 1. The number of para-hydroxylation sites is 2. The van der Waals surface area contributed by atoms with Crippen LogP contribution in [-0.4, -0.2) is 80.5 Å². The predicted octanol–water partition coefficient (Wildman–Crippen LogP) is 1.52. The van der Waals surface area contributed by atoms with Crippen LogP contribution in [0.2, 0.25) is 0 Å². The summed E-state index contributed by atoms with van der Waals surface area (Å²) in [7, 11) is 1.82. The maximum Gasteiger partial charge on any atom is 0.194 e. The van der Waals surface area contributed by atoms with Gasteiger partial charge in [-0.3, -0.25) is 4.99 Å². The second kappa shape index (κ2) is 9.67. The first-order valence-electron chi connectivity index (χ1n) is 10.5. The summed E-state index contributed by atoms with van der Waals surface area (Å²) in [6, 6.07) is 11.6. The number of aromatic nitrogens is 1. The summed E-state index contributed by atoms with van der Waals surface area (Å²) in [6.45, 7) is 7.26. The fraction of sp³-hybridized carbons (Fsp3) is 0.455. The summed E-state index contributed by atoms with van der Waals surface area (Å²) >= 11 is 0. The Kier molecular flexibility index (Phi) is 6.53. The van der Waals surface area contributed by atoms with E-state index in [0.29, 0.717) is 12.3 Å². The van der Waals surface area contributed by atoms with Crippen molar-refractivity contribution < 1.29 is 9.84 Å². The molecule has 2 N–H and O–H groups in total. The van der Waals surface area contributed by atoms with Gasteiger partial charge in [-0.25, -0.2) is 4.98 Å². The maximum atomic E-state index is 10.1. The van der Waals surface area contributed by atoms with E-state index in [1.54, 1.807) is 6.07 Å². The summed E-state index contributed by atoms with van der Waals surface area (Å²) in [4.78, 5) is 15.9. The summed E-state index contributed by atoms with van der Waals surface area (Å²) < 4.78 is 5.47. The van der Waals surface area contributed by atoms with Crippen molar-refractivity contribution in [2.45, 2.75) is 6.54 Å². The molecule has 4 rings (SSSR count). The Morgan fingerprint density at radius 1 is 1.03 bits per heavy atom. The Hall–Kier alpha value is -3.00. The Morgan fingerprint density at radius 3 is 2.53 bits per heavy atom. The number of aliphatic imine (C=N–C) groups is 1. The first-order chi connectivity index (χ1) is 14.8. The number of hydrogen-bond donors (Lipinski definition) is 2. The van der Waals surface area contributed by atoms with Crippen molar-refractivity contribution in [3.8, 4) is 5.75 Å². The lowest BCUT2D eigenvalue weighted by Gasteiger charge is -2.38. The second-order valence-corrected chi connectivity index (χ2v) is 7.45. The van der Waals surface area contributed by atoms with Crippen LogP contribution < -0.4 is 15.1 Å². The zero-order chi connectivity index (χ0) is 20.8. The average Bonchev–Trinajstić information content (AvgIpc) is 2.81. The summed E-state index contributed by atoms with van der Waals surface area (Å²) in [6.07, 6.45) is 1.85. The van der Waals surface area contributed by atoms with Gasteiger partial charge in [0.05, 0.1) is 18.9 Å². The highest BCUT2D eigenvalue weighted by Gasteiger charge is 2.22.